The molecule has 2 heterocycles. The van der Waals surface area contributed by atoms with Crippen molar-refractivity contribution in [2.75, 3.05) is 13.1 Å². The summed E-state index contributed by atoms with van der Waals surface area (Å²) >= 11 is 0. The van der Waals surface area contributed by atoms with E-state index in [2.05, 4.69) is 43.1 Å². The van der Waals surface area contributed by atoms with E-state index in [1.54, 1.807) is 6.20 Å². The number of rotatable bonds is 6. The first-order valence-electron chi connectivity index (χ1n) is 9.36. The second-order valence-electron chi connectivity index (χ2n) is 7.47. The molecule has 0 unspecified atom stereocenters. The van der Waals surface area contributed by atoms with Crippen molar-refractivity contribution in [3.8, 4) is 0 Å². The maximum absolute atomic E-state index is 12.5. The number of piperidine rings is 1. The van der Waals surface area contributed by atoms with Crippen molar-refractivity contribution in [2.45, 2.75) is 51.9 Å². The zero-order valence-electron chi connectivity index (χ0n) is 15.3. The van der Waals surface area contributed by atoms with Crippen LogP contribution in [0.15, 0.2) is 41.3 Å². The third-order valence-corrected chi connectivity index (χ3v) is 5.00. The minimum atomic E-state index is 0.266. The fourth-order valence-corrected chi connectivity index (χ4v) is 3.56. The summed E-state index contributed by atoms with van der Waals surface area (Å²) in [7, 11) is 0. The lowest BCUT2D eigenvalue weighted by Crippen LogP contribution is -2.37. The van der Waals surface area contributed by atoms with Crippen LogP contribution in [0.2, 0.25) is 0 Å². The first-order valence-corrected chi connectivity index (χ1v) is 9.36. The Labute approximate surface area is 150 Å². The molecule has 3 rings (SSSR count). The summed E-state index contributed by atoms with van der Waals surface area (Å²) in [6, 6.07) is 8.73. The molecule has 1 saturated heterocycles. The molecule has 4 heteroatoms. The number of aryl methyl sites for hydroxylation is 1. The predicted molar refractivity (Wildman–Crippen MR) is 98.4 cm³/mol. The Hall–Kier alpha value is -2.10. The van der Waals surface area contributed by atoms with Gasteiger partial charge in [0.15, 0.2) is 6.39 Å². The molecule has 1 amide bonds. The number of aromatic nitrogens is 1. The highest BCUT2D eigenvalue weighted by atomic mass is 16.3. The molecular weight excluding hydrogens is 312 g/mol. The zero-order valence-corrected chi connectivity index (χ0v) is 15.3. The topological polar surface area (TPSA) is 46.3 Å². The van der Waals surface area contributed by atoms with Crippen LogP contribution in [-0.4, -0.2) is 28.9 Å². The first kappa shape index (κ1) is 17.7. The van der Waals surface area contributed by atoms with E-state index < -0.39 is 0 Å². The van der Waals surface area contributed by atoms with E-state index in [0.29, 0.717) is 18.3 Å². The zero-order chi connectivity index (χ0) is 17.6. The smallest absolute Gasteiger partial charge is 0.222 e. The van der Waals surface area contributed by atoms with Gasteiger partial charge in [0, 0.05) is 25.4 Å². The molecule has 2 aromatic rings. The van der Waals surface area contributed by atoms with Gasteiger partial charge in [0.1, 0.15) is 5.76 Å². The highest BCUT2D eigenvalue weighted by molar-refractivity contribution is 5.76. The lowest BCUT2D eigenvalue weighted by Gasteiger charge is -2.31. The van der Waals surface area contributed by atoms with E-state index in [9.17, 15) is 4.79 Å². The molecule has 1 aliphatic rings. The maximum atomic E-state index is 12.5. The normalized spacial score (nSPS) is 15.7. The minimum Gasteiger partial charge on any atom is -0.448 e. The van der Waals surface area contributed by atoms with Gasteiger partial charge in [-0.1, -0.05) is 38.1 Å². The van der Waals surface area contributed by atoms with E-state index in [-0.39, 0.29) is 5.91 Å². The van der Waals surface area contributed by atoms with Crippen LogP contribution in [0.1, 0.15) is 55.9 Å². The number of hydrogen-bond acceptors (Lipinski definition) is 3. The van der Waals surface area contributed by atoms with Gasteiger partial charge < -0.3 is 9.32 Å². The van der Waals surface area contributed by atoms with E-state index in [4.69, 9.17) is 4.42 Å². The van der Waals surface area contributed by atoms with Crippen molar-refractivity contribution in [3.63, 3.8) is 0 Å². The van der Waals surface area contributed by atoms with Crippen molar-refractivity contribution < 1.29 is 9.21 Å². The second-order valence-corrected chi connectivity index (χ2v) is 7.47. The summed E-state index contributed by atoms with van der Waals surface area (Å²) in [6.45, 7) is 6.10. The molecule has 0 atom stereocenters. The van der Waals surface area contributed by atoms with Crippen LogP contribution in [0.25, 0.3) is 0 Å². The van der Waals surface area contributed by atoms with Gasteiger partial charge in [-0.05, 0) is 42.7 Å². The van der Waals surface area contributed by atoms with Gasteiger partial charge in [-0.15, -0.1) is 0 Å². The summed E-state index contributed by atoms with van der Waals surface area (Å²) in [5.74, 6) is 2.29. The van der Waals surface area contributed by atoms with E-state index in [0.717, 1.165) is 44.5 Å². The number of benzene rings is 1. The third-order valence-electron chi connectivity index (χ3n) is 5.00. The van der Waals surface area contributed by atoms with Crippen LogP contribution >= 0.6 is 0 Å². The standard InChI is InChI=1S/C21H28N2O2/c1-16(2)13-18-5-3-17(4-6-18)7-8-21(24)23-11-9-19(10-12-23)20-14-22-15-25-20/h3-6,14-16,19H,7-13H2,1-2H3. The highest BCUT2D eigenvalue weighted by Crippen LogP contribution is 2.27. The van der Waals surface area contributed by atoms with Gasteiger partial charge in [-0.3, -0.25) is 4.79 Å². The van der Waals surface area contributed by atoms with Gasteiger partial charge >= 0.3 is 0 Å². The van der Waals surface area contributed by atoms with E-state index >= 15 is 0 Å². The molecule has 0 bridgehead atoms. The summed E-state index contributed by atoms with van der Waals surface area (Å²) in [6.07, 6.45) is 7.73. The van der Waals surface area contributed by atoms with Gasteiger partial charge in [0.25, 0.3) is 0 Å². The first-order chi connectivity index (χ1) is 12.1. The molecule has 0 radical (unpaired) electrons. The Bertz CT molecular complexity index is 654. The molecule has 0 N–H and O–H groups in total. The SMILES string of the molecule is CC(C)Cc1ccc(CCC(=O)N2CCC(c3cnco3)CC2)cc1. The minimum absolute atomic E-state index is 0.266. The summed E-state index contributed by atoms with van der Waals surface area (Å²) in [4.78, 5) is 18.5. The number of oxazole rings is 1. The Morgan fingerprint density at radius 2 is 1.88 bits per heavy atom. The third kappa shape index (κ3) is 4.94. The van der Waals surface area contributed by atoms with Crippen LogP contribution in [0, 0.1) is 5.92 Å². The van der Waals surface area contributed by atoms with Gasteiger partial charge in [0.05, 0.1) is 6.20 Å². The highest BCUT2D eigenvalue weighted by Gasteiger charge is 2.25. The van der Waals surface area contributed by atoms with Crippen LogP contribution in [0.3, 0.4) is 0 Å². The molecular formula is C21H28N2O2. The van der Waals surface area contributed by atoms with Gasteiger partial charge in [-0.2, -0.15) is 0 Å². The molecule has 1 fully saturated rings. The molecule has 0 aliphatic carbocycles. The van der Waals surface area contributed by atoms with E-state index in [1.807, 2.05) is 4.90 Å². The maximum Gasteiger partial charge on any atom is 0.222 e. The largest absolute Gasteiger partial charge is 0.448 e. The number of amides is 1. The van der Waals surface area contributed by atoms with Crippen LogP contribution < -0.4 is 0 Å². The van der Waals surface area contributed by atoms with Crippen LogP contribution in [0.5, 0.6) is 0 Å². The average Bonchev–Trinajstić information content (AvgIpc) is 3.15. The second kappa shape index (κ2) is 8.32. The Morgan fingerprint density at radius 1 is 1.20 bits per heavy atom. The molecule has 1 aliphatic heterocycles. The van der Waals surface area contributed by atoms with Crippen molar-refractivity contribution in [3.05, 3.63) is 53.7 Å². The quantitative estimate of drug-likeness (QED) is 0.791. The lowest BCUT2D eigenvalue weighted by atomic mass is 9.94. The number of carbonyl (C=O) groups excluding carboxylic acids is 1. The van der Waals surface area contributed by atoms with Crippen molar-refractivity contribution >= 4 is 5.91 Å². The Balaban J connectivity index is 1.44. The number of hydrogen-bond donors (Lipinski definition) is 0. The summed E-state index contributed by atoms with van der Waals surface area (Å²) in [5, 5.41) is 0. The molecule has 1 aromatic carbocycles. The number of nitrogens with zero attached hydrogens (tertiary/aromatic N) is 2. The van der Waals surface area contributed by atoms with Crippen molar-refractivity contribution in [1.82, 2.24) is 9.88 Å². The fraction of sp³-hybridized carbons (Fsp3) is 0.524. The fourth-order valence-electron chi connectivity index (χ4n) is 3.56. The van der Waals surface area contributed by atoms with Crippen LogP contribution in [-0.2, 0) is 17.6 Å². The molecule has 0 spiro atoms. The predicted octanol–water partition coefficient (Wildman–Crippen LogP) is 4.21. The lowest BCUT2D eigenvalue weighted by molar-refractivity contribution is -0.132. The monoisotopic (exact) mass is 340 g/mol. The summed E-state index contributed by atoms with van der Waals surface area (Å²) < 4.78 is 5.39. The van der Waals surface area contributed by atoms with Crippen LogP contribution in [0.4, 0.5) is 0 Å². The molecule has 25 heavy (non-hydrogen) atoms. The molecule has 0 saturated carbocycles. The number of likely N-dealkylation sites (tertiary alicyclic amines) is 1. The number of carbonyl (C=O) groups is 1. The molecule has 4 nitrogen and oxygen atoms in total. The molecule has 1 aromatic heterocycles. The van der Waals surface area contributed by atoms with Crippen molar-refractivity contribution in [1.29, 1.82) is 0 Å². The Morgan fingerprint density at radius 3 is 2.48 bits per heavy atom. The molecule has 134 valence electrons. The Kier molecular flexibility index (Phi) is 5.90. The summed E-state index contributed by atoms with van der Waals surface area (Å²) in [5.41, 5.74) is 2.62. The van der Waals surface area contributed by atoms with Gasteiger partial charge in [0.2, 0.25) is 5.91 Å². The van der Waals surface area contributed by atoms with E-state index in [1.165, 1.54) is 17.5 Å². The average molecular weight is 340 g/mol. The van der Waals surface area contributed by atoms with Gasteiger partial charge in [-0.25, -0.2) is 4.98 Å². The van der Waals surface area contributed by atoms with Crippen molar-refractivity contribution in [2.24, 2.45) is 5.92 Å².